The smallest absolute Gasteiger partial charge is 0.261 e. The summed E-state index contributed by atoms with van der Waals surface area (Å²) in [6.45, 7) is 4.98. The molecule has 1 fully saturated rings. The third-order valence-electron chi connectivity index (χ3n) is 2.57. The summed E-state index contributed by atoms with van der Waals surface area (Å²) in [5.74, 6) is -2.13. The summed E-state index contributed by atoms with van der Waals surface area (Å²) in [6.07, 6.45) is -0.0161. The van der Waals surface area contributed by atoms with E-state index in [4.69, 9.17) is 5.73 Å². The number of rotatable bonds is 3. The van der Waals surface area contributed by atoms with Crippen molar-refractivity contribution in [3.8, 4) is 0 Å². The van der Waals surface area contributed by atoms with Crippen molar-refractivity contribution in [1.82, 2.24) is 4.90 Å². The van der Waals surface area contributed by atoms with Crippen LogP contribution in [-0.4, -0.2) is 36.5 Å². The molecule has 0 radical (unpaired) electrons. The highest BCUT2D eigenvalue weighted by atomic mass is 19.3. The minimum absolute atomic E-state index is 0.00824. The second-order valence-corrected chi connectivity index (χ2v) is 4.25. The highest BCUT2D eigenvalue weighted by Gasteiger charge is 2.38. The molecule has 0 bridgehead atoms. The molecule has 1 atom stereocenters. The summed E-state index contributed by atoms with van der Waals surface area (Å²) in [5.41, 5.74) is 5.80. The van der Waals surface area contributed by atoms with Gasteiger partial charge < -0.3 is 5.73 Å². The van der Waals surface area contributed by atoms with Crippen LogP contribution in [0.15, 0.2) is 0 Å². The zero-order valence-electron chi connectivity index (χ0n) is 8.26. The van der Waals surface area contributed by atoms with Crippen LogP contribution in [0.5, 0.6) is 0 Å². The van der Waals surface area contributed by atoms with Crippen molar-refractivity contribution in [2.45, 2.75) is 32.2 Å². The molecule has 1 aliphatic heterocycles. The number of nitrogens with two attached hydrogens (primary N) is 1. The summed E-state index contributed by atoms with van der Waals surface area (Å²) in [5, 5.41) is 0. The summed E-state index contributed by atoms with van der Waals surface area (Å²) in [4.78, 5) is 1.75. The van der Waals surface area contributed by atoms with Crippen molar-refractivity contribution >= 4 is 0 Å². The van der Waals surface area contributed by atoms with Crippen LogP contribution < -0.4 is 5.73 Å². The third-order valence-corrected chi connectivity index (χ3v) is 2.57. The van der Waals surface area contributed by atoms with Crippen molar-refractivity contribution in [3.63, 3.8) is 0 Å². The predicted octanol–water partition coefficient (Wildman–Crippen LogP) is 1.31. The highest BCUT2D eigenvalue weighted by molar-refractivity contribution is 4.84. The summed E-state index contributed by atoms with van der Waals surface area (Å²) in [6, 6.07) is 0.00824. The van der Waals surface area contributed by atoms with Gasteiger partial charge in [-0.25, -0.2) is 8.78 Å². The third kappa shape index (κ3) is 3.19. The van der Waals surface area contributed by atoms with E-state index in [1.165, 1.54) is 0 Å². The minimum atomic E-state index is -2.49. The molecule has 0 spiro atoms. The highest BCUT2D eigenvalue weighted by Crippen LogP contribution is 2.26. The zero-order chi connectivity index (χ0) is 10.1. The average molecular weight is 192 g/mol. The van der Waals surface area contributed by atoms with Crippen LogP contribution in [0, 0.1) is 5.92 Å². The lowest BCUT2D eigenvalue weighted by atomic mass is 10.1. The van der Waals surface area contributed by atoms with Gasteiger partial charge in [-0.3, -0.25) is 4.90 Å². The van der Waals surface area contributed by atoms with E-state index in [1.54, 1.807) is 4.90 Å². The topological polar surface area (TPSA) is 29.3 Å². The lowest BCUT2D eigenvalue weighted by molar-refractivity contribution is 0.0114. The molecule has 1 saturated heterocycles. The van der Waals surface area contributed by atoms with Crippen molar-refractivity contribution < 1.29 is 8.78 Å². The largest absolute Gasteiger partial charge is 0.326 e. The van der Waals surface area contributed by atoms with Crippen LogP contribution in [0.25, 0.3) is 0 Å². The normalized spacial score (nSPS) is 25.4. The maximum atomic E-state index is 12.8. The molecule has 0 aliphatic carbocycles. The standard InChI is InChI=1S/C9H18F2N2/c1-7(2)8(12)5-13-4-3-9(10,11)6-13/h7-8H,3-6,12H2,1-2H3. The number of alkyl halides is 2. The molecule has 0 saturated carbocycles. The van der Waals surface area contributed by atoms with Gasteiger partial charge >= 0.3 is 0 Å². The first-order valence-electron chi connectivity index (χ1n) is 4.76. The Bertz CT molecular complexity index is 171. The van der Waals surface area contributed by atoms with Crippen molar-refractivity contribution in [2.24, 2.45) is 11.7 Å². The summed E-state index contributed by atoms with van der Waals surface area (Å²) in [7, 11) is 0. The molecule has 1 aliphatic rings. The fraction of sp³-hybridized carbons (Fsp3) is 1.00. The summed E-state index contributed by atoms with van der Waals surface area (Å²) >= 11 is 0. The molecular formula is C9H18F2N2. The number of likely N-dealkylation sites (tertiary alicyclic amines) is 1. The zero-order valence-corrected chi connectivity index (χ0v) is 8.26. The Morgan fingerprint density at radius 1 is 1.46 bits per heavy atom. The van der Waals surface area contributed by atoms with Crippen molar-refractivity contribution in [1.29, 1.82) is 0 Å². The molecule has 13 heavy (non-hydrogen) atoms. The van der Waals surface area contributed by atoms with E-state index in [0.717, 1.165) is 0 Å². The van der Waals surface area contributed by atoms with Crippen LogP contribution in [0.3, 0.4) is 0 Å². The Morgan fingerprint density at radius 3 is 2.46 bits per heavy atom. The maximum absolute atomic E-state index is 12.8. The van der Waals surface area contributed by atoms with E-state index in [2.05, 4.69) is 0 Å². The SMILES string of the molecule is CC(C)C(N)CN1CCC(F)(F)C1. The van der Waals surface area contributed by atoms with Gasteiger partial charge in [0.2, 0.25) is 0 Å². The second kappa shape index (κ2) is 3.88. The number of hydrogen-bond acceptors (Lipinski definition) is 2. The molecule has 4 heteroatoms. The minimum Gasteiger partial charge on any atom is -0.326 e. The van der Waals surface area contributed by atoms with E-state index in [1.807, 2.05) is 13.8 Å². The molecule has 1 unspecified atom stereocenters. The Hall–Kier alpha value is -0.220. The van der Waals surface area contributed by atoms with E-state index >= 15 is 0 Å². The fourth-order valence-electron chi connectivity index (χ4n) is 1.47. The van der Waals surface area contributed by atoms with Crippen LogP contribution in [-0.2, 0) is 0 Å². The van der Waals surface area contributed by atoms with Gasteiger partial charge in [0.15, 0.2) is 0 Å². The Labute approximate surface area is 78.1 Å². The quantitative estimate of drug-likeness (QED) is 0.730. The fourth-order valence-corrected chi connectivity index (χ4v) is 1.47. The Kier molecular flexibility index (Phi) is 3.24. The lowest BCUT2D eigenvalue weighted by Gasteiger charge is -2.22. The first-order valence-corrected chi connectivity index (χ1v) is 4.76. The van der Waals surface area contributed by atoms with Crippen molar-refractivity contribution in [2.75, 3.05) is 19.6 Å². The van der Waals surface area contributed by atoms with Gasteiger partial charge in [-0.15, -0.1) is 0 Å². The van der Waals surface area contributed by atoms with Gasteiger partial charge in [0, 0.05) is 25.6 Å². The summed E-state index contributed by atoms with van der Waals surface area (Å²) < 4.78 is 25.5. The molecule has 78 valence electrons. The molecule has 0 aromatic carbocycles. The first kappa shape index (κ1) is 10.9. The van der Waals surface area contributed by atoms with Crippen LogP contribution in [0.1, 0.15) is 20.3 Å². The van der Waals surface area contributed by atoms with E-state index in [-0.39, 0.29) is 19.0 Å². The molecular weight excluding hydrogens is 174 g/mol. The number of hydrogen-bond donors (Lipinski definition) is 1. The van der Waals surface area contributed by atoms with Gasteiger partial charge in [-0.05, 0) is 5.92 Å². The van der Waals surface area contributed by atoms with Crippen molar-refractivity contribution in [3.05, 3.63) is 0 Å². The van der Waals surface area contributed by atoms with Crippen LogP contribution in [0.2, 0.25) is 0 Å². The number of nitrogens with zero attached hydrogens (tertiary/aromatic N) is 1. The predicted molar refractivity (Wildman–Crippen MR) is 48.8 cm³/mol. The van der Waals surface area contributed by atoms with Crippen LogP contribution in [0.4, 0.5) is 8.78 Å². The monoisotopic (exact) mass is 192 g/mol. The Morgan fingerprint density at radius 2 is 2.08 bits per heavy atom. The van der Waals surface area contributed by atoms with E-state index in [0.29, 0.717) is 19.0 Å². The molecule has 1 rings (SSSR count). The van der Waals surface area contributed by atoms with Gasteiger partial charge in [0.05, 0.1) is 6.54 Å². The number of halogens is 2. The first-order chi connectivity index (χ1) is 5.91. The molecule has 2 nitrogen and oxygen atoms in total. The molecule has 2 N–H and O–H groups in total. The van der Waals surface area contributed by atoms with Gasteiger partial charge in [0.25, 0.3) is 5.92 Å². The molecule has 0 aromatic rings. The second-order valence-electron chi connectivity index (χ2n) is 4.25. The average Bonchev–Trinajstić information content (AvgIpc) is 2.30. The molecule has 0 amide bonds. The van der Waals surface area contributed by atoms with E-state index in [9.17, 15) is 8.78 Å². The maximum Gasteiger partial charge on any atom is 0.261 e. The van der Waals surface area contributed by atoms with Gasteiger partial charge in [-0.1, -0.05) is 13.8 Å². The Balaban J connectivity index is 2.32. The van der Waals surface area contributed by atoms with Gasteiger partial charge in [0.1, 0.15) is 0 Å². The lowest BCUT2D eigenvalue weighted by Crippen LogP contribution is -2.40. The molecule has 0 aromatic heterocycles. The van der Waals surface area contributed by atoms with Crippen LogP contribution >= 0.6 is 0 Å². The van der Waals surface area contributed by atoms with Gasteiger partial charge in [-0.2, -0.15) is 0 Å². The van der Waals surface area contributed by atoms with E-state index < -0.39 is 5.92 Å². The molecule has 1 heterocycles.